The third-order valence-corrected chi connectivity index (χ3v) is 4.29. The average molecular weight is 376 g/mol. The molecule has 0 heterocycles. The van der Waals surface area contributed by atoms with E-state index in [0.29, 0.717) is 5.56 Å². The SMILES string of the molecule is [K+].[K+].[O-]P([O-])(=S)C(F)(F)c1cccc(-c2ccccc2)c1. The zero-order valence-electron chi connectivity index (χ0n) is 11.6. The molecule has 2 nitrogen and oxygen atoms in total. The largest absolute Gasteiger partial charge is 1.00 e. The van der Waals surface area contributed by atoms with Crippen molar-refractivity contribution in [3.05, 3.63) is 60.2 Å². The van der Waals surface area contributed by atoms with E-state index in [4.69, 9.17) is 0 Å². The number of hydrogen-bond donors (Lipinski definition) is 0. The Hall–Kier alpha value is 2.14. The van der Waals surface area contributed by atoms with Crippen LogP contribution < -0.4 is 113 Å². The molecule has 0 aliphatic rings. The van der Waals surface area contributed by atoms with Crippen molar-refractivity contribution < 1.29 is 121 Å². The second kappa shape index (κ2) is 9.58. The van der Waals surface area contributed by atoms with Gasteiger partial charge in [0.25, 0.3) is 5.66 Å². The first kappa shape index (κ1) is 23.1. The molecule has 0 unspecified atom stereocenters. The average Bonchev–Trinajstić information content (AvgIpc) is 2.39. The summed E-state index contributed by atoms with van der Waals surface area (Å²) in [5, 5.41) is 0. The first-order valence-corrected chi connectivity index (χ1v) is 8.02. The van der Waals surface area contributed by atoms with Gasteiger partial charge in [-0.05, 0) is 17.2 Å². The summed E-state index contributed by atoms with van der Waals surface area (Å²) in [6.07, 6.45) is 0. The van der Waals surface area contributed by atoms with Crippen LogP contribution in [0.2, 0.25) is 0 Å². The van der Waals surface area contributed by atoms with Gasteiger partial charge in [0.15, 0.2) is 0 Å². The molecule has 0 fully saturated rings. The minimum atomic E-state index is -5.20. The summed E-state index contributed by atoms with van der Waals surface area (Å²) >= 11 is 3.91. The fourth-order valence-corrected chi connectivity index (χ4v) is 2.45. The van der Waals surface area contributed by atoms with Gasteiger partial charge in [-0.25, -0.2) is 0 Å². The smallest absolute Gasteiger partial charge is 0.828 e. The Morgan fingerprint density at radius 2 is 1.38 bits per heavy atom. The third kappa shape index (κ3) is 5.86. The van der Waals surface area contributed by atoms with Gasteiger partial charge in [0.2, 0.25) is 0 Å². The van der Waals surface area contributed by atoms with Gasteiger partial charge in [0.05, 0.1) is 0 Å². The van der Waals surface area contributed by atoms with Crippen LogP contribution in [0.4, 0.5) is 8.78 Å². The first-order valence-electron chi connectivity index (χ1n) is 5.38. The first-order chi connectivity index (χ1) is 8.82. The van der Waals surface area contributed by atoms with Gasteiger partial charge >= 0.3 is 103 Å². The van der Waals surface area contributed by atoms with Crippen molar-refractivity contribution >= 4 is 18.3 Å². The topological polar surface area (TPSA) is 46.1 Å². The maximum absolute atomic E-state index is 13.7. The summed E-state index contributed by atoms with van der Waals surface area (Å²) in [6.45, 7) is -5.20. The van der Waals surface area contributed by atoms with E-state index in [0.717, 1.165) is 17.7 Å². The van der Waals surface area contributed by atoms with E-state index in [2.05, 4.69) is 11.8 Å². The monoisotopic (exact) mass is 376 g/mol. The van der Waals surface area contributed by atoms with E-state index in [-0.39, 0.29) is 103 Å². The molecular formula is C13H9F2K2O2PS. The van der Waals surface area contributed by atoms with Gasteiger partial charge in [-0.2, -0.15) is 8.78 Å². The van der Waals surface area contributed by atoms with Crippen LogP contribution in [0.25, 0.3) is 11.1 Å². The summed E-state index contributed by atoms with van der Waals surface area (Å²) in [4.78, 5) is 22.0. The molecule has 0 aliphatic carbocycles. The second-order valence-corrected chi connectivity index (χ2v) is 6.98. The van der Waals surface area contributed by atoms with Crippen molar-refractivity contribution in [2.45, 2.75) is 5.66 Å². The molecule has 21 heavy (non-hydrogen) atoms. The van der Waals surface area contributed by atoms with Crippen LogP contribution in [0, 0.1) is 0 Å². The van der Waals surface area contributed by atoms with Crippen LogP contribution in [0.3, 0.4) is 0 Å². The van der Waals surface area contributed by atoms with Crippen LogP contribution in [-0.4, -0.2) is 0 Å². The molecule has 0 N–H and O–H groups in total. The summed E-state index contributed by atoms with van der Waals surface area (Å²) in [5.41, 5.74) is -3.40. The molecule has 0 saturated carbocycles. The maximum Gasteiger partial charge on any atom is 1.00 e. The molecule has 2 aromatic carbocycles. The minimum Gasteiger partial charge on any atom is -0.828 e. The van der Waals surface area contributed by atoms with Gasteiger partial charge in [0.1, 0.15) is 0 Å². The molecule has 0 spiro atoms. The molecule has 0 saturated heterocycles. The van der Waals surface area contributed by atoms with Crippen LogP contribution >= 0.6 is 6.49 Å². The number of benzene rings is 2. The normalized spacial score (nSPS) is 11.2. The number of hydrogen-bond acceptors (Lipinski definition) is 3. The fraction of sp³-hybridized carbons (Fsp3) is 0.0769. The number of halogens is 2. The molecule has 0 amide bonds. The van der Waals surface area contributed by atoms with E-state index in [9.17, 15) is 18.6 Å². The third-order valence-electron chi connectivity index (χ3n) is 2.66. The summed E-state index contributed by atoms with van der Waals surface area (Å²) < 4.78 is 27.4. The van der Waals surface area contributed by atoms with E-state index < -0.39 is 17.7 Å². The number of rotatable bonds is 3. The van der Waals surface area contributed by atoms with Crippen LogP contribution in [0.5, 0.6) is 0 Å². The Labute approximate surface area is 212 Å². The van der Waals surface area contributed by atoms with Crippen LogP contribution in [0.15, 0.2) is 54.6 Å². The summed E-state index contributed by atoms with van der Waals surface area (Å²) in [6, 6.07) is 14.1. The molecule has 100 valence electrons. The Morgan fingerprint density at radius 3 is 1.90 bits per heavy atom. The van der Waals surface area contributed by atoms with Crippen molar-refractivity contribution in [1.29, 1.82) is 0 Å². The quantitative estimate of drug-likeness (QED) is 0.412. The predicted molar refractivity (Wildman–Crippen MR) is 70.1 cm³/mol. The molecule has 0 aromatic heterocycles. The Kier molecular flexibility index (Phi) is 10.6. The van der Waals surface area contributed by atoms with E-state index in [1.54, 1.807) is 36.4 Å². The van der Waals surface area contributed by atoms with Crippen molar-refractivity contribution in [2.24, 2.45) is 0 Å². The molecule has 2 rings (SSSR count). The summed E-state index contributed by atoms with van der Waals surface area (Å²) in [7, 11) is 0. The molecule has 0 atom stereocenters. The zero-order chi connectivity index (χ0) is 14.1. The molecule has 2 aromatic rings. The van der Waals surface area contributed by atoms with E-state index in [1.807, 2.05) is 0 Å². The molecule has 0 aliphatic heterocycles. The molecule has 8 heteroatoms. The number of alkyl halides is 2. The van der Waals surface area contributed by atoms with Gasteiger partial charge in [0, 0.05) is 5.56 Å². The molecule has 0 radical (unpaired) electrons. The van der Waals surface area contributed by atoms with Gasteiger partial charge in [-0.3, -0.25) is 0 Å². The van der Waals surface area contributed by atoms with E-state index in [1.165, 1.54) is 6.07 Å². The van der Waals surface area contributed by atoms with Crippen molar-refractivity contribution in [2.75, 3.05) is 0 Å². The Morgan fingerprint density at radius 1 is 0.857 bits per heavy atom. The van der Waals surface area contributed by atoms with Crippen LogP contribution in [0.1, 0.15) is 5.56 Å². The second-order valence-electron chi connectivity index (χ2n) is 3.99. The van der Waals surface area contributed by atoms with Crippen LogP contribution in [-0.2, 0) is 17.5 Å². The molecular weight excluding hydrogens is 367 g/mol. The van der Waals surface area contributed by atoms with E-state index >= 15 is 0 Å². The fourth-order valence-electron chi connectivity index (χ4n) is 1.67. The minimum absolute atomic E-state index is 0. The Balaban J connectivity index is 0.00000200. The standard InChI is InChI=1S/C13H11F2O2PS.2K/c14-13(15,18(16,17)19)12-8-4-7-11(9-12)10-5-2-1-3-6-10;;/h1-9H,(H2,16,17,19);;/q;2*+1/p-2. The maximum atomic E-state index is 13.7. The predicted octanol–water partition coefficient (Wildman–Crippen LogP) is -3.56. The summed E-state index contributed by atoms with van der Waals surface area (Å²) in [5.74, 6) is 0. The van der Waals surface area contributed by atoms with Crippen molar-refractivity contribution in [3.8, 4) is 11.1 Å². The Bertz CT molecular complexity index is 635. The molecule has 0 bridgehead atoms. The van der Waals surface area contributed by atoms with Gasteiger partial charge in [-0.15, -0.1) is 18.3 Å². The van der Waals surface area contributed by atoms with Crippen molar-refractivity contribution in [1.82, 2.24) is 0 Å². The van der Waals surface area contributed by atoms with Gasteiger partial charge < -0.3 is 9.79 Å². The van der Waals surface area contributed by atoms with Crippen molar-refractivity contribution in [3.63, 3.8) is 0 Å². The van der Waals surface area contributed by atoms with Gasteiger partial charge in [-0.1, -0.05) is 48.5 Å². The zero-order valence-corrected chi connectivity index (χ0v) is 19.6.